The summed E-state index contributed by atoms with van der Waals surface area (Å²) in [6.45, 7) is 7.92. The Labute approximate surface area is 195 Å². The zero-order valence-electron chi connectivity index (χ0n) is 18.1. The second-order valence-electron chi connectivity index (χ2n) is 7.50. The quantitative estimate of drug-likeness (QED) is 0.368. The number of halogens is 2. The first-order valence-corrected chi connectivity index (χ1v) is 11.2. The minimum Gasteiger partial charge on any atom is -0.493 e. The molecular formula is C23H25BrClN3O3. The number of aromatic nitrogens is 2. The number of rotatable bonds is 7. The van der Waals surface area contributed by atoms with E-state index in [-0.39, 0.29) is 17.6 Å². The maximum atomic E-state index is 13.3. The maximum absolute atomic E-state index is 13.3. The molecule has 1 atom stereocenters. The lowest BCUT2D eigenvalue weighted by atomic mass is 10.1. The van der Waals surface area contributed by atoms with Crippen LogP contribution in [-0.4, -0.2) is 29.1 Å². The fraction of sp³-hybridized carbons (Fsp3) is 0.348. The molecule has 0 aliphatic carbocycles. The van der Waals surface area contributed by atoms with Gasteiger partial charge in [-0.1, -0.05) is 41.4 Å². The van der Waals surface area contributed by atoms with Crippen LogP contribution < -0.4 is 15.0 Å². The van der Waals surface area contributed by atoms with E-state index in [4.69, 9.17) is 26.1 Å². The number of hydrogen-bond donors (Lipinski definition) is 0. The van der Waals surface area contributed by atoms with Crippen molar-refractivity contribution in [1.82, 2.24) is 9.66 Å². The summed E-state index contributed by atoms with van der Waals surface area (Å²) >= 11 is 9.69. The van der Waals surface area contributed by atoms with Crippen molar-refractivity contribution in [3.05, 3.63) is 61.6 Å². The lowest BCUT2D eigenvalue weighted by molar-refractivity contribution is 0.230. The zero-order chi connectivity index (χ0) is 22.7. The third kappa shape index (κ3) is 5.10. The average molecular weight is 507 g/mol. The molecule has 0 aliphatic heterocycles. The summed E-state index contributed by atoms with van der Waals surface area (Å²) in [4.78, 5) is 18.0. The smallest absolute Gasteiger partial charge is 0.282 e. The van der Waals surface area contributed by atoms with Crippen LogP contribution in [0, 0.1) is 0 Å². The van der Waals surface area contributed by atoms with Crippen molar-refractivity contribution in [2.45, 2.75) is 46.1 Å². The van der Waals surface area contributed by atoms with Gasteiger partial charge in [0.25, 0.3) is 5.56 Å². The van der Waals surface area contributed by atoms with Gasteiger partial charge in [-0.25, -0.2) is 4.98 Å². The van der Waals surface area contributed by atoms with E-state index in [1.165, 1.54) is 4.68 Å². The van der Waals surface area contributed by atoms with Crippen LogP contribution in [0.1, 0.15) is 51.4 Å². The van der Waals surface area contributed by atoms with Crippen molar-refractivity contribution in [3.8, 4) is 11.5 Å². The SMILES string of the molecule is CC[C@@H](C)c1nc2ccc(Br)cc2c(=O)n1N=Cc1cc(Cl)cc(OC)c1OC(C)C. The first kappa shape index (κ1) is 23.3. The molecule has 31 heavy (non-hydrogen) atoms. The van der Waals surface area contributed by atoms with E-state index in [9.17, 15) is 4.79 Å². The molecule has 1 aromatic heterocycles. The third-order valence-electron chi connectivity index (χ3n) is 4.82. The van der Waals surface area contributed by atoms with Crippen LogP contribution in [0.5, 0.6) is 11.5 Å². The first-order valence-electron chi connectivity index (χ1n) is 10.1. The molecule has 0 saturated carbocycles. The van der Waals surface area contributed by atoms with Crippen LogP contribution >= 0.6 is 27.5 Å². The molecule has 0 saturated heterocycles. The molecule has 3 aromatic rings. The molecule has 0 radical (unpaired) electrons. The molecule has 0 aliphatic rings. The summed E-state index contributed by atoms with van der Waals surface area (Å²) in [5.74, 6) is 1.65. The van der Waals surface area contributed by atoms with Crippen LogP contribution in [0.4, 0.5) is 0 Å². The molecule has 0 fully saturated rings. The van der Waals surface area contributed by atoms with Gasteiger partial charge in [-0.3, -0.25) is 4.79 Å². The van der Waals surface area contributed by atoms with Gasteiger partial charge in [0.05, 0.1) is 30.3 Å². The second-order valence-corrected chi connectivity index (χ2v) is 8.85. The lowest BCUT2D eigenvalue weighted by Crippen LogP contribution is -2.23. The highest BCUT2D eigenvalue weighted by molar-refractivity contribution is 9.10. The predicted octanol–water partition coefficient (Wildman–Crippen LogP) is 6.00. The lowest BCUT2D eigenvalue weighted by Gasteiger charge is -2.17. The monoisotopic (exact) mass is 505 g/mol. The number of methoxy groups -OCH3 is 1. The molecule has 2 aromatic carbocycles. The first-order chi connectivity index (χ1) is 14.7. The molecule has 0 unspecified atom stereocenters. The van der Waals surface area contributed by atoms with E-state index in [0.29, 0.717) is 38.8 Å². The molecule has 0 N–H and O–H groups in total. The fourth-order valence-corrected chi connectivity index (χ4v) is 3.67. The Kier molecular flexibility index (Phi) is 7.38. The predicted molar refractivity (Wildman–Crippen MR) is 129 cm³/mol. The van der Waals surface area contributed by atoms with Crippen molar-refractivity contribution in [3.63, 3.8) is 0 Å². The van der Waals surface area contributed by atoms with Crippen LogP contribution in [0.2, 0.25) is 5.02 Å². The average Bonchev–Trinajstić information content (AvgIpc) is 2.73. The fourth-order valence-electron chi connectivity index (χ4n) is 3.10. The Balaban J connectivity index is 2.22. The Morgan fingerprint density at radius 3 is 2.65 bits per heavy atom. The number of fused-ring (bicyclic) bond motifs is 1. The third-order valence-corrected chi connectivity index (χ3v) is 5.53. The highest BCUT2D eigenvalue weighted by Crippen LogP contribution is 2.34. The van der Waals surface area contributed by atoms with E-state index in [1.807, 2.05) is 39.8 Å². The van der Waals surface area contributed by atoms with Gasteiger partial charge in [-0.15, -0.1) is 0 Å². The number of hydrogen-bond acceptors (Lipinski definition) is 5. The Hall–Kier alpha value is -2.38. The summed E-state index contributed by atoms with van der Waals surface area (Å²) in [6.07, 6.45) is 2.29. The van der Waals surface area contributed by atoms with E-state index in [2.05, 4.69) is 21.0 Å². The minimum absolute atomic E-state index is 0.0400. The van der Waals surface area contributed by atoms with Crippen LogP contribution in [0.15, 0.2) is 44.7 Å². The normalized spacial score (nSPS) is 12.6. The molecule has 8 heteroatoms. The van der Waals surface area contributed by atoms with E-state index >= 15 is 0 Å². The van der Waals surface area contributed by atoms with Gasteiger partial charge in [0, 0.05) is 27.0 Å². The standard InChI is InChI=1S/C23H25BrClN3O3/c1-6-14(4)22-27-19-8-7-16(24)10-18(19)23(29)28(22)26-12-15-9-17(25)11-20(30-5)21(15)31-13(2)3/h7-14H,6H2,1-5H3/t14-/m1/s1. The summed E-state index contributed by atoms with van der Waals surface area (Å²) in [5.41, 5.74) is 1.01. The highest BCUT2D eigenvalue weighted by Gasteiger charge is 2.17. The maximum Gasteiger partial charge on any atom is 0.282 e. The van der Waals surface area contributed by atoms with Gasteiger partial charge >= 0.3 is 0 Å². The molecule has 164 valence electrons. The zero-order valence-corrected chi connectivity index (χ0v) is 20.5. The highest BCUT2D eigenvalue weighted by atomic mass is 79.9. The van der Waals surface area contributed by atoms with Gasteiger partial charge in [0.2, 0.25) is 0 Å². The summed E-state index contributed by atoms with van der Waals surface area (Å²) in [6, 6.07) is 8.87. The van der Waals surface area contributed by atoms with Gasteiger partial charge in [-0.05, 0) is 44.5 Å². The van der Waals surface area contributed by atoms with Crippen molar-refractivity contribution < 1.29 is 9.47 Å². The van der Waals surface area contributed by atoms with E-state index in [0.717, 1.165) is 10.9 Å². The van der Waals surface area contributed by atoms with Crippen molar-refractivity contribution >= 4 is 44.6 Å². The largest absolute Gasteiger partial charge is 0.493 e. The topological polar surface area (TPSA) is 65.7 Å². The number of nitrogens with zero attached hydrogens (tertiary/aromatic N) is 3. The number of ether oxygens (including phenoxy) is 2. The molecule has 1 heterocycles. The van der Waals surface area contributed by atoms with Crippen molar-refractivity contribution in [2.24, 2.45) is 5.10 Å². The van der Waals surface area contributed by atoms with E-state index < -0.39 is 0 Å². The summed E-state index contributed by atoms with van der Waals surface area (Å²) < 4.78 is 13.5. The van der Waals surface area contributed by atoms with Crippen molar-refractivity contribution in [1.29, 1.82) is 0 Å². The Morgan fingerprint density at radius 2 is 2.00 bits per heavy atom. The van der Waals surface area contributed by atoms with Crippen LogP contribution in [0.3, 0.4) is 0 Å². The molecule has 0 spiro atoms. The Bertz CT molecular complexity index is 1190. The molecule has 3 rings (SSSR count). The summed E-state index contributed by atoms with van der Waals surface area (Å²) in [5, 5.41) is 5.48. The second kappa shape index (κ2) is 9.83. The molecule has 0 amide bonds. The van der Waals surface area contributed by atoms with Gasteiger partial charge in [0.1, 0.15) is 5.82 Å². The van der Waals surface area contributed by atoms with Gasteiger partial charge < -0.3 is 9.47 Å². The molecule has 0 bridgehead atoms. The summed E-state index contributed by atoms with van der Waals surface area (Å²) in [7, 11) is 1.55. The van der Waals surface area contributed by atoms with E-state index in [1.54, 1.807) is 31.5 Å². The van der Waals surface area contributed by atoms with Crippen molar-refractivity contribution in [2.75, 3.05) is 7.11 Å². The van der Waals surface area contributed by atoms with Crippen LogP contribution in [0.25, 0.3) is 10.9 Å². The molecular weight excluding hydrogens is 482 g/mol. The number of benzene rings is 2. The minimum atomic E-state index is -0.238. The van der Waals surface area contributed by atoms with Crippen LogP contribution in [-0.2, 0) is 0 Å². The van der Waals surface area contributed by atoms with Gasteiger partial charge in [0.15, 0.2) is 11.5 Å². The van der Waals surface area contributed by atoms with Gasteiger partial charge in [-0.2, -0.15) is 9.78 Å². The Morgan fingerprint density at radius 1 is 1.26 bits per heavy atom. The molecule has 6 nitrogen and oxygen atoms in total.